The van der Waals surface area contributed by atoms with Crippen LogP contribution < -0.4 is 11.3 Å². The van der Waals surface area contributed by atoms with E-state index in [0.29, 0.717) is 12.3 Å². The van der Waals surface area contributed by atoms with Crippen LogP contribution in [-0.2, 0) is 24.4 Å². The predicted octanol–water partition coefficient (Wildman–Crippen LogP) is 1.59. The molecule has 0 fully saturated rings. The van der Waals surface area contributed by atoms with Gasteiger partial charge in [0.05, 0.1) is 12.3 Å². The molecular formula is C12H23N3O2. The molecule has 0 aliphatic carbocycles. The maximum absolute atomic E-state index is 12.0. The lowest BCUT2D eigenvalue weighted by atomic mass is 10.3. The molecule has 2 N–H and O–H groups in total. The van der Waals surface area contributed by atoms with E-state index >= 15 is 0 Å². The van der Waals surface area contributed by atoms with Gasteiger partial charge >= 0.3 is 0 Å². The average molecular weight is 241 g/mol. The number of nitrogens with zero attached hydrogens (tertiary/aromatic N) is 2. The zero-order valence-corrected chi connectivity index (χ0v) is 11.0. The summed E-state index contributed by atoms with van der Waals surface area (Å²) >= 11 is 0. The third kappa shape index (κ3) is 2.91. The van der Waals surface area contributed by atoms with Crippen LogP contribution in [-0.4, -0.2) is 16.5 Å². The molecular weight excluding hydrogens is 218 g/mol. The minimum atomic E-state index is -0.0843. The van der Waals surface area contributed by atoms with Gasteiger partial charge in [-0.1, -0.05) is 20.3 Å². The molecule has 1 aromatic rings. The minimum Gasteiger partial charge on any atom is -0.393 e. The van der Waals surface area contributed by atoms with Gasteiger partial charge in [0.1, 0.15) is 5.69 Å². The molecule has 1 heterocycles. The first-order valence-electron chi connectivity index (χ1n) is 6.24. The maximum atomic E-state index is 12.0. The zero-order valence-electron chi connectivity index (χ0n) is 11.0. The molecule has 0 amide bonds. The molecule has 0 atom stereocenters. The van der Waals surface area contributed by atoms with Crippen molar-refractivity contribution in [1.29, 1.82) is 0 Å². The maximum Gasteiger partial charge on any atom is 0.290 e. The summed E-state index contributed by atoms with van der Waals surface area (Å²) in [6.07, 6.45) is 3.01. The largest absolute Gasteiger partial charge is 0.393 e. The lowest BCUT2D eigenvalue weighted by Crippen LogP contribution is -2.24. The summed E-state index contributed by atoms with van der Waals surface area (Å²) in [5.41, 5.74) is 6.91. The molecule has 5 heteroatoms. The smallest absolute Gasteiger partial charge is 0.290 e. The number of methoxy groups -OCH3 is 1. The molecule has 0 saturated heterocycles. The standard InChI is InChI=1S/C12H23N3O2/c1-4-6-8-15-12(16)11(13)10(9-17-3)14(15)7-5-2/h4-9,13H2,1-3H3. The molecule has 1 aromatic heterocycles. The first-order chi connectivity index (χ1) is 8.17. The number of hydrogen-bond donors (Lipinski definition) is 1. The molecule has 5 nitrogen and oxygen atoms in total. The highest BCUT2D eigenvalue weighted by Gasteiger charge is 2.16. The van der Waals surface area contributed by atoms with Gasteiger partial charge in [-0.25, -0.2) is 4.68 Å². The molecule has 98 valence electrons. The van der Waals surface area contributed by atoms with E-state index in [0.717, 1.165) is 38.0 Å². The highest BCUT2D eigenvalue weighted by molar-refractivity contribution is 5.41. The predicted molar refractivity (Wildman–Crippen MR) is 69.0 cm³/mol. The topological polar surface area (TPSA) is 62.2 Å². The van der Waals surface area contributed by atoms with Crippen molar-refractivity contribution in [2.24, 2.45) is 0 Å². The third-order valence-corrected chi connectivity index (χ3v) is 2.82. The Morgan fingerprint density at radius 2 is 1.88 bits per heavy atom. The second kappa shape index (κ2) is 6.49. The van der Waals surface area contributed by atoms with Crippen LogP contribution in [0.15, 0.2) is 4.79 Å². The molecule has 17 heavy (non-hydrogen) atoms. The van der Waals surface area contributed by atoms with Crippen molar-refractivity contribution < 1.29 is 4.74 Å². The number of nitrogen functional groups attached to an aromatic ring is 1. The van der Waals surface area contributed by atoms with Gasteiger partial charge < -0.3 is 10.5 Å². The van der Waals surface area contributed by atoms with Crippen LogP contribution in [0, 0.1) is 0 Å². The molecule has 0 aromatic carbocycles. The Balaban J connectivity index is 3.16. The van der Waals surface area contributed by atoms with Crippen LogP contribution in [0.1, 0.15) is 38.8 Å². The summed E-state index contributed by atoms with van der Waals surface area (Å²) in [5.74, 6) is 0. The zero-order chi connectivity index (χ0) is 12.8. The SMILES string of the molecule is CCCCn1c(=O)c(N)c(COC)n1CCC. The number of unbranched alkanes of at least 4 members (excludes halogenated alkanes) is 1. The van der Waals surface area contributed by atoms with Crippen LogP contribution in [0.5, 0.6) is 0 Å². The first-order valence-corrected chi connectivity index (χ1v) is 6.24. The summed E-state index contributed by atoms with van der Waals surface area (Å²) < 4.78 is 8.83. The van der Waals surface area contributed by atoms with E-state index in [1.54, 1.807) is 11.8 Å². The van der Waals surface area contributed by atoms with Crippen LogP contribution >= 0.6 is 0 Å². The Morgan fingerprint density at radius 1 is 1.18 bits per heavy atom. The Kier molecular flexibility index (Phi) is 5.28. The summed E-state index contributed by atoms with van der Waals surface area (Å²) in [5, 5.41) is 0. The van der Waals surface area contributed by atoms with Gasteiger partial charge in [-0.3, -0.25) is 9.48 Å². The van der Waals surface area contributed by atoms with Gasteiger partial charge in [0.2, 0.25) is 0 Å². The van der Waals surface area contributed by atoms with E-state index in [9.17, 15) is 4.79 Å². The Bertz CT molecular complexity index is 407. The highest BCUT2D eigenvalue weighted by Crippen LogP contribution is 2.11. The fourth-order valence-corrected chi connectivity index (χ4v) is 1.94. The highest BCUT2D eigenvalue weighted by atomic mass is 16.5. The second-order valence-electron chi connectivity index (χ2n) is 4.20. The van der Waals surface area contributed by atoms with Crippen LogP contribution in [0.25, 0.3) is 0 Å². The number of rotatable bonds is 7. The summed E-state index contributed by atoms with van der Waals surface area (Å²) in [7, 11) is 1.61. The molecule has 0 aliphatic rings. The van der Waals surface area contributed by atoms with E-state index in [1.165, 1.54) is 0 Å². The molecule has 0 bridgehead atoms. The first kappa shape index (κ1) is 13.8. The average Bonchev–Trinajstić information content (AvgIpc) is 2.53. The Morgan fingerprint density at radius 3 is 2.41 bits per heavy atom. The molecule has 0 spiro atoms. The van der Waals surface area contributed by atoms with E-state index in [-0.39, 0.29) is 5.56 Å². The number of anilines is 1. The van der Waals surface area contributed by atoms with Crippen molar-refractivity contribution in [2.75, 3.05) is 12.8 Å². The van der Waals surface area contributed by atoms with Crippen molar-refractivity contribution in [3.63, 3.8) is 0 Å². The van der Waals surface area contributed by atoms with Crippen molar-refractivity contribution >= 4 is 5.69 Å². The summed E-state index contributed by atoms with van der Waals surface area (Å²) in [6.45, 7) is 6.11. The van der Waals surface area contributed by atoms with Gasteiger partial charge in [-0.15, -0.1) is 0 Å². The third-order valence-electron chi connectivity index (χ3n) is 2.82. The Labute approximate surface area is 102 Å². The van der Waals surface area contributed by atoms with E-state index in [1.807, 2.05) is 4.68 Å². The van der Waals surface area contributed by atoms with Gasteiger partial charge in [-0.2, -0.15) is 0 Å². The lowest BCUT2D eigenvalue weighted by Gasteiger charge is -2.13. The van der Waals surface area contributed by atoms with Crippen molar-refractivity contribution in [3.05, 3.63) is 16.0 Å². The monoisotopic (exact) mass is 241 g/mol. The van der Waals surface area contributed by atoms with Gasteiger partial charge in [0, 0.05) is 20.2 Å². The van der Waals surface area contributed by atoms with Crippen molar-refractivity contribution in [1.82, 2.24) is 9.36 Å². The normalized spacial score (nSPS) is 11.0. The van der Waals surface area contributed by atoms with E-state index < -0.39 is 0 Å². The molecule has 0 aliphatic heterocycles. The molecule has 0 saturated carbocycles. The second-order valence-corrected chi connectivity index (χ2v) is 4.20. The van der Waals surface area contributed by atoms with Gasteiger partial charge in [-0.05, 0) is 12.8 Å². The quantitative estimate of drug-likeness (QED) is 0.788. The van der Waals surface area contributed by atoms with E-state index in [2.05, 4.69) is 13.8 Å². The van der Waals surface area contributed by atoms with Crippen molar-refractivity contribution in [2.45, 2.75) is 52.8 Å². The van der Waals surface area contributed by atoms with Crippen LogP contribution in [0.2, 0.25) is 0 Å². The van der Waals surface area contributed by atoms with Gasteiger partial charge in [0.15, 0.2) is 0 Å². The number of ether oxygens (including phenoxy) is 1. The summed E-state index contributed by atoms with van der Waals surface area (Å²) in [6, 6.07) is 0. The lowest BCUT2D eigenvalue weighted by molar-refractivity contribution is 0.174. The Hall–Kier alpha value is -1.23. The molecule has 0 unspecified atom stereocenters. The van der Waals surface area contributed by atoms with Crippen LogP contribution in [0.4, 0.5) is 5.69 Å². The number of hydrogen-bond acceptors (Lipinski definition) is 3. The summed E-state index contributed by atoms with van der Waals surface area (Å²) in [4.78, 5) is 12.0. The molecule has 1 rings (SSSR count). The number of nitrogens with two attached hydrogens (primary N) is 1. The van der Waals surface area contributed by atoms with Crippen LogP contribution in [0.3, 0.4) is 0 Å². The fraction of sp³-hybridized carbons (Fsp3) is 0.750. The number of aromatic nitrogens is 2. The van der Waals surface area contributed by atoms with Crippen molar-refractivity contribution in [3.8, 4) is 0 Å². The fourth-order valence-electron chi connectivity index (χ4n) is 1.94. The van der Waals surface area contributed by atoms with Gasteiger partial charge in [0.25, 0.3) is 5.56 Å². The van der Waals surface area contributed by atoms with E-state index in [4.69, 9.17) is 10.5 Å². The molecule has 0 radical (unpaired) electrons. The minimum absolute atomic E-state index is 0.0843.